The van der Waals surface area contributed by atoms with Gasteiger partial charge in [-0.1, -0.05) is 11.6 Å². The van der Waals surface area contributed by atoms with Crippen LogP contribution in [-0.4, -0.2) is 22.1 Å². The summed E-state index contributed by atoms with van der Waals surface area (Å²) in [6.07, 6.45) is 2.56. The molecule has 2 rings (SSSR count). The quantitative estimate of drug-likeness (QED) is 0.805. The number of ether oxygens (including phenoxy) is 1. The van der Waals surface area contributed by atoms with Crippen LogP contribution in [-0.2, 0) is 11.3 Å². The topological polar surface area (TPSA) is 47.0 Å². The van der Waals surface area contributed by atoms with Crippen LogP contribution >= 0.6 is 11.6 Å². The smallest absolute Gasteiger partial charge is 0.158 e. The highest BCUT2D eigenvalue weighted by atomic mass is 35.5. The van der Waals surface area contributed by atoms with Gasteiger partial charge < -0.3 is 10.1 Å². The number of halogens is 1. The van der Waals surface area contributed by atoms with Gasteiger partial charge in [-0.3, -0.25) is 0 Å². The normalized spacial score (nSPS) is 15.8. The van der Waals surface area contributed by atoms with Crippen molar-refractivity contribution in [1.82, 2.24) is 9.97 Å². The van der Waals surface area contributed by atoms with Crippen molar-refractivity contribution in [2.45, 2.75) is 45.8 Å². The van der Waals surface area contributed by atoms with E-state index < -0.39 is 0 Å². The van der Waals surface area contributed by atoms with E-state index in [4.69, 9.17) is 16.3 Å². The molecule has 1 aromatic rings. The highest BCUT2D eigenvalue weighted by molar-refractivity contribution is 6.29. The fourth-order valence-corrected chi connectivity index (χ4v) is 2.22. The first-order chi connectivity index (χ1) is 8.51. The number of nitrogens with zero attached hydrogens (tertiary/aromatic N) is 2. The van der Waals surface area contributed by atoms with E-state index >= 15 is 0 Å². The van der Waals surface area contributed by atoms with Gasteiger partial charge in [-0.05, 0) is 39.5 Å². The Labute approximate surface area is 113 Å². The molecule has 0 amide bonds. The van der Waals surface area contributed by atoms with Gasteiger partial charge in [0.2, 0.25) is 0 Å². The Kier molecular flexibility index (Phi) is 4.07. The van der Waals surface area contributed by atoms with Crippen molar-refractivity contribution >= 4 is 17.4 Å². The zero-order chi connectivity index (χ0) is 13.2. The predicted octanol–water partition coefficient (Wildman–Crippen LogP) is 3.27. The highest BCUT2D eigenvalue weighted by Crippen LogP contribution is 2.40. The Bertz CT molecular complexity index is 419. The largest absolute Gasteiger partial charge is 0.374 e. The van der Waals surface area contributed by atoms with Gasteiger partial charge in [0.15, 0.2) is 5.82 Å². The molecule has 1 aliphatic carbocycles. The number of nitrogens with one attached hydrogen (secondary N) is 1. The Morgan fingerprint density at radius 1 is 1.44 bits per heavy atom. The molecule has 1 aliphatic rings. The first-order valence-corrected chi connectivity index (χ1v) is 6.78. The second-order valence-electron chi connectivity index (χ2n) is 5.25. The molecule has 0 spiro atoms. The molecule has 0 saturated heterocycles. The minimum atomic E-state index is 0.0561. The standard InChI is InChI=1S/C13H20ClN3O/c1-4-18-8-12-15-10(14)7-11(16-12)17-13(2,3)9-5-6-9/h7,9H,4-6,8H2,1-3H3,(H,15,16,17). The van der Waals surface area contributed by atoms with Crippen molar-refractivity contribution in [2.75, 3.05) is 11.9 Å². The third kappa shape index (κ3) is 3.56. The van der Waals surface area contributed by atoms with E-state index in [2.05, 4.69) is 29.1 Å². The number of hydrogen-bond donors (Lipinski definition) is 1. The van der Waals surface area contributed by atoms with E-state index in [1.54, 1.807) is 6.07 Å². The van der Waals surface area contributed by atoms with Gasteiger partial charge in [0.25, 0.3) is 0 Å². The molecule has 1 heterocycles. The summed E-state index contributed by atoms with van der Waals surface area (Å²) in [5, 5.41) is 3.90. The van der Waals surface area contributed by atoms with E-state index in [9.17, 15) is 0 Å². The minimum Gasteiger partial charge on any atom is -0.374 e. The lowest BCUT2D eigenvalue weighted by molar-refractivity contribution is 0.128. The molecule has 1 saturated carbocycles. The lowest BCUT2D eigenvalue weighted by Crippen LogP contribution is -2.33. The van der Waals surface area contributed by atoms with E-state index in [-0.39, 0.29) is 5.54 Å². The Balaban J connectivity index is 2.09. The summed E-state index contributed by atoms with van der Waals surface area (Å²) < 4.78 is 5.31. The van der Waals surface area contributed by atoms with Gasteiger partial charge in [-0.15, -0.1) is 0 Å². The number of hydrogen-bond acceptors (Lipinski definition) is 4. The first-order valence-electron chi connectivity index (χ1n) is 6.40. The summed E-state index contributed by atoms with van der Waals surface area (Å²) in [5.74, 6) is 2.13. The van der Waals surface area contributed by atoms with Crippen molar-refractivity contribution in [2.24, 2.45) is 5.92 Å². The zero-order valence-electron chi connectivity index (χ0n) is 11.2. The Morgan fingerprint density at radius 2 is 2.17 bits per heavy atom. The SMILES string of the molecule is CCOCc1nc(Cl)cc(NC(C)(C)C2CC2)n1. The monoisotopic (exact) mass is 269 g/mol. The maximum absolute atomic E-state index is 6.01. The summed E-state index contributed by atoms with van der Waals surface area (Å²) in [5.41, 5.74) is 0.0561. The summed E-state index contributed by atoms with van der Waals surface area (Å²) in [7, 11) is 0. The summed E-state index contributed by atoms with van der Waals surface area (Å²) in [6, 6.07) is 1.77. The molecule has 0 unspecified atom stereocenters. The fourth-order valence-electron chi connectivity index (χ4n) is 2.02. The Hall–Kier alpha value is -0.870. The van der Waals surface area contributed by atoms with E-state index in [1.165, 1.54) is 12.8 Å². The highest BCUT2D eigenvalue weighted by Gasteiger charge is 2.37. The zero-order valence-corrected chi connectivity index (χ0v) is 11.9. The molecule has 0 atom stereocenters. The van der Waals surface area contributed by atoms with Gasteiger partial charge in [0, 0.05) is 18.2 Å². The van der Waals surface area contributed by atoms with E-state index in [0.29, 0.717) is 24.2 Å². The third-order valence-electron chi connectivity index (χ3n) is 3.22. The predicted molar refractivity (Wildman–Crippen MR) is 72.8 cm³/mol. The molecule has 1 fully saturated rings. The summed E-state index contributed by atoms with van der Waals surface area (Å²) in [4.78, 5) is 8.59. The molecule has 4 nitrogen and oxygen atoms in total. The molecule has 0 bridgehead atoms. The fraction of sp³-hybridized carbons (Fsp3) is 0.692. The summed E-state index contributed by atoms with van der Waals surface area (Å²) >= 11 is 6.01. The number of anilines is 1. The molecule has 0 aliphatic heterocycles. The van der Waals surface area contributed by atoms with Crippen molar-refractivity contribution < 1.29 is 4.74 Å². The van der Waals surface area contributed by atoms with Crippen LogP contribution in [0.5, 0.6) is 0 Å². The molecule has 0 aromatic carbocycles. The van der Waals surface area contributed by atoms with Crippen LogP contribution in [0.1, 0.15) is 39.4 Å². The van der Waals surface area contributed by atoms with Crippen LogP contribution in [0.15, 0.2) is 6.07 Å². The van der Waals surface area contributed by atoms with Crippen LogP contribution in [0.25, 0.3) is 0 Å². The van der Waals surface area contributed by atoms with Crippen LogP contribution < -0.4 is 5.32 Å². The van der Waals surface area contributed by atoms with E-state index in [0.717, 1.165) is 11.7 Å². The molecular formula is C13H20ClN3O. The molecule has 1 aromatic heterocycles. The second-order valence-corrected chi connectivity index (χ2v) is 5.64. The molecule has 100 valence electrons. The van der Waals surface area contributed by atoms with Crippen LogP contribution in [0.4, 0.5) is 5.82 Å². The number of aromatic nitrogens is 2. The second kappa shape index (κ2) is 5.41. The van der Waals surface area contributed by atoms with Crippen LogP contribution in [0.3, 0.4) is 0 Å². The minimum absolute atomic E-state index is 0.0561. The van der Waals surface area contributed by atoms with Crippen molar-refractivity contribution in [3.05, 3.63) is 17.0 Å². The summed E-state index contributed by atoms with van der Waals surface area (Å²) in [6.45, 7) is 7.38. The van der Waals surface area contributed by atoms with Crippen LogP contribution in [0, 0.1) is 5.92 Å². The van der Waals surface area contributed by atoms with Gasteiger partial charge in [-0.2, -0.15) is 0 Å². The lowest BCUT2D eigenvalue weighted by Gasteiger charge is -2.27. The third-order valence-corrected chi connectivity index (χ3v) is 3.42. The van der Waals surface area contributed by atoms with Crippen molar-refractivity contribution in [1.29, 1.82) is 0 Å². The van der Waals surface area contributed by atoms with Crippen molar-refractivity contribution in [3.8, 4) is 0 Å². The first kappa shape index (κ1) is 13.6. The van der Waals surface area contributed by atoms with Gasteiger partial charge in [0.05, 0.1) is 0 Å². The molecular weight excluding hydrogens is 250 g/mol. The molecule has 1 N–H and O–H groups in total. The average Bonchev–Trinajstić information content (AvgIpc) is 3.08. The van der Waals surface area contributed by atoms with Gasteiger partial charge in [0.1, 0.15) is 17.6 Å². The van der Waals surface area contributed by atoms with Gasteiger partial charge in [-0.25, -0.2) is 9.97 Å². The van der Waals surface area contributed by atoms with Crippen molar-refractivity contribution in [3.63, 3.8) is 0 Å². The van der Waals surface area contributed by atoms with Gasteiger partial charge >= 0.3 is 0 Å². The maximum atomic E-state index is 6.01. The van der Waals surface area contributed by atoms with Crippen LogP contribution in [0.2, 0.25) is 5.15 Å². The average molecular weight is 270 g/mol. The lowest BCUT2D eigenvalue weighted by atomic mass is 9.99. The molecule has 5 heteroatoms. The molecule has 18 heavy (non-hydrogen) atoms. The maximum Gasteiger partial charge on any atom is 0.158 e. The molecule has 0 radical (unpaired) electrons. The van der Waals surface area contributed by atoms with E-state index in [1.807, 2.05) is 6.92 Å². The number of rotatable bonds is 6. The Morgan fingerprint density at radius 3 is 2.78 bits per heavy atom.